The number of carbonyl (C=O) groups is 2. The molecule has 2 aromatic rings. The highest BCUT2D eigenvalue weighted by atomic mass is 35.5. The highest BCUT2D eigenvalue weighted by molar-refractivity contribution is 6.29. The summed E-state index contributed by atoms with van der Waals surface area (Å²) >= 11 is 6.13. The van der Waals surface area contributed by atoms with Crippen LogP contribution in [-0.2, 0) is 9.53 Å². The summed E-state index contributed by atoms with van der Waals surface area (Å²) in [5.41, 5.74) is 0.824. The molecule has 2 aromatic heterocycles. The van der Waals surface area contributed by atoms with Crippen LogP contribution in [0.3, 0.4) is 0 Å². The second-order valence-electron chi connectivity index (χ2n) is 6.98. The summed E-state index contributed by atoms with van der Waals surface area (Å²) in [6.45, 7) is 4.14. The summed E-state index contributed by atoms with van der Waals surface area (Å²) in [7, 11) is 1.45. The molecule has 0 aromatic carbocycles. The molecule has 12 heteroatoms. The first kappa shape index (κ1) is 23.6. The largest absolute Gasteiger partial charge is 0.416 e. The lowest BCUT2D eigenvalue weighted by atomic mass is 10.0. The Morgan fingerprint density at radius 2 is 1.91 bits per heavy atom. The first-order valence-corrected chi connectivity index (χ1v) is 9.78. The first-order valence-electron chi connectivity index (χ1n) is 9.41. The predicted molar refractivity (Wildman–Crippen MR) is 109 cm³/mol. The fourth-order valence-corrected chi connectivity index (χ4v) is 3.43. The number of halogens is 4. The maximum absolute atomic E-state index is 13.4. The molecule has 0 bridgehead atoms. The normalized spacial score (nSPS) is 18.9. The third-order valence-electron chi connectivity index (χ3n) is 4.70. The number of carbonyl (C=O) groups excluding carboxylic acids is 2. The minimum Gasteiger partial charge on any atom is -0.357 e. The summed E-state index contributed by atoms with van der Waals surface area (Å²) in [5.74, 6) is -0.797. The molecule has 0 radical (unpaired) electrons. The molecule has 0 unspecified atom stereocenters. The van der Waals surface area contributed by atoms with Gasteiger partial charge in [-0.25, -0.2) is 15.0 Å². The van der Waals surface area contributed by atoms with E-state index in [-0.39, 0.29) is 34.3 Å². The number of nitrogens with one attached hydrogen (secondary N) is 1. The molecule has 3 rings (SSSR count). The van der Waals surface area contributed by atoms with Gasteiger partial charge in [0.15, 0.2) is 6.10 Å². The fraction of sp³-hybridized carbons (Fsp3) is 0.350. The number of amides is 2. The molecule has 170 valence electrons. The highest BCUT2D eigenvalue weighted by Gasteiger charge is 2.47. The van der Waals surface area contributed by atoms with Gasteiger partial charge in [-0.3, -0.25) is 9.59 Å². The van der Waals surface area contributed by atoms with Crippen molar-refractivity contribution in [2.45, 2.75) is 25.3 Å². The van der Waals surface area contributed by atoms with E-state index in [9.17, 15) is 22.8 Å². The van der Waals surface area contributed by atoms with Gasteiger partial charge >= 0.3 is 6.18 Å². The molecular formula is C20H19ClF3N5O3. The number of pyridine rings is 1. The van der Waals surface area contributed by atoms with Crippen molar-refractivity contribution in [2.75, 3.05) is 20.1 Å². The van der Waals surface area contributed by atoms with Crippen molar-refractivity contribution < 1.29 is 27.5 Å². The van der Waals surface area contributed by atoms with Crippen molar-refractivity contribution in [1.82, 2.24) is 25.2 Å². The number of rotatable bonds is 4. The quantitative estimate of drug-likeness (QED) is 0.546. The lowest BCUT2D eigenvalue weighted by molar-refractivity contribution is -0.253. The van der Waals surface area contributed by atoms with Crippen LogP contribution in [0.1, 0.15) is 28.0 Å². The van der Waals surface area contributed by atoms with Crippen LogP contribution in [-0.4, -0.2) is 64.1 Å². The van der Waals surface area contributed by atoms with E-state index in [1.807, 2.05) is 0 Å². The molecule has 0 spiro atoms. The number of morpholine rings is 1. The second-order valence-corrected chi connectivity index (χ2v) is 7.36. The van der Waals surface area contributed by atoms with Crippen LogP contribution in [0.2, 0.25) is 5.15 Å². The Balaban J connectivity index is 2.02. The van der Waals surface area contributed by atoms with Crippen LogP contribution in [0.5, 0.6) is 0 Å². The van der Waals surface area contributed by atoms with Crippen molar-refractivity contribution in [2.24, 2.45) is 0 Å². The van der Waals surface area contributed by atoms with Gasteiger partial charge < -0.3 is 15.0 Å². The molecule has 2 amide bonds. The number of ether oxygens (including phenoxy) is 1. The minimum absolute atomic E-state index is 0.0189. The number of alkyl halides is 3. The Kier molecular flexibility index (Phi) is 6.79. The van der Waals surface area contributed by atoms with Crippen LogP contribution in [0.4, 0.5) is 13.2 Å². The Hall–Kier alpha value is -3.05. The zero-order chi connectivity index (χ0) is 23.6. The van der Waals surface area contributed by atoms with E-state index in [0.717, 1.165) is 11.0 Å². The monoisotopic (exact) mass is 469 g/mol. The summed E-state index contributed by atoms with van der Waals surface area (Å²) in [4.78, 5) is 37.5. The summed E-state index contributed by atoms with van der Waals surface area (Å²) in [6.07, 6.45) is -7.03. The molecule has 1 N–H and O–H groups in total. The van der Waals surface area contributed by atoms with E-state index in [2.05, 4.69) is 26.8 Å². The Labute approximate surface area is 186 Å². The predicted octanol–water partition coefficient (Wildman–Crippen LogP) is 2.88. The number of aryl methyl sites for hydroxylation is 1. The van der Waals surface area contributed by atoms with Crippen LogP contribution < -0.4 is 5.32 Å². The number of aromatic nitrogens is 3. The number of nitrogens with zero attached hydrogens (tertiary/aromatic N) is 4. The molecule has 3 heterocycles. The summed E-state index contributed by atoms with van der Waals surface area (Å²) in [5, 5.41) is 2.43. The summed E-state index contributed by atoms with van der Waals surface area (Å²) < 4.78 is 45.5. The van der Waals surface area contributed by atoms with E-state index in [0.29, 0.717) is 5.82 Å². The molecular weight excluding hydrogens is 451 g/mol. The molecule has 2 atom stereocenters. The zero-order valence-corrected chi connectivity index (χ0v) is 17.9. The average molecular weight is 470 g/mol. The Bertz CT molecular complexity index is 1060. The second kappa shape index (κ2) is 9.21. The van der Waals surface area contributed by atoms with Gasteiger partial charge in [0, 0.05) is 7.05 Å². The molecule has 8 nitrogen and oxygen atoms in total. The third kappa shape index (κ3) is 5.22. The Morgan fingerprint density at radius 1 is 1.22 bits per heavy atom. The molecule has 1 aliphatic rings. The third-order valence-corrected chi connectivity index (χ3v) is 4.89. The maximum Gasteiger partial charge on any atom is 0.416 e. The molecule has 0 saturated carbocycles. The lowest BCUT2D eigenvalue weighted by Gasteiger charge is -2.38. The number of hydrogen-bond donors (Lipinski definition) is 1. The van der Waals surface area contributed by atoms with Crippen molar-refractivity contribution in [3.05, 3.63) is 53.1 Å². The van der Waals surface area contributed by atoms with Crippen LogP contribution in [0, 0.1) is 6.92 Å². The van der Waals surface area contributed by atoms with E-state index < -0.39 is 36.7 Å². The van der Waals surface area contributed by atoms with Gasteiger partial charge in [0.25, 0.3) is 5.91 Å². The summed E-state index contributed by atoms with van der Waals surface area (Å²) in [6, 6.07) is 4.21. The van der Waals surface area contributed by atoms with Crippen LogP contribution in [0.25, 0.3) is 11.4 Å². The molecule has 1 saturated heterocycles. The Morgan fingerprint density at radius 3 is 2.53 bits per heavy atom. The highest BCUT2D eigenvalue weighted by Crippen LogP contribution is 2.35. The van der Waals surface area contributed by atoms with Gasteiger partial charge in [-0.2, -0.15) is 13.2 Å². The van der Waals surface area contributed by atoms with E-state index in [1.54, 1.807) is 6.92 Å². The van der Waals surface area contributed by atoms with Gasteiger partial charge in [-0.05, 0) is 36.8 Å². The van der Waals surface area contributed by atoms with Crippen LogP contribution >= 0.6 is 11.6 Å². The standard InChI is InChI=1S/C20H19ClF3N5O3/c1-4-18(30)29-8-15(32-16(9-29)20(22,23)24)11-5-12(28-17(21)6-11)13-7-14(19(31)25-3)27-10(2)26-13/h4-7,15-16H,1,8-9H2,2-3H3,(H,25,31)/t15-,16-/m1/s1. The zero-order valence-electron chi connectivity index (χ0n) is 17.1. The molecule has 1 fully saturated rings. The topological polar surface area (TPSA) is 97.3 Å². The average Bonchev–Trinajstić information content (AvgIpc) is 2.76. The van der Waals surface area contributed by atoms with Crippen molar-refractivity contribution in [3.63, 3.8) is 0 Å². The molecule has 32 heavy (non-hydrogen) atoms. The van der Waals surface area contributed by atoms with Gasteiger partial charge in [-0.15, -0.1) is 0 Å². The van der Waals surface area contributed by atoms with Gasteiger partial charge in [0.1, 0.15) is 22.8 Å². The first-order chi connectivity index (χ1) is 15.0. The maximum atomic E-state index is 13.4. The van der Waals surface area contributed by atoms with Gasteiger partial charge in [0.2, 0.25) is 5.91 Å². The molecule has 0 aliphatic carbocycles. The number of hydrogen-bond acceptors (Lipinski definition) is 6. The van der Waals surface area contributed by atoms with E-state index in [1.165, 1.54) is 25.2 Å². The van der Waals surface area contributed by atoms with E-state index in [4.69, 9.17) is 16.3 Å². The van der Waals surface area contributed by atoms with Gasteiger partial charge in [-0.1, -0.05) is 18.2 Å². The van der Waals surface area contributed by atoms with Crippen molar-refractivity contribution >= 4 is 23.4 Å². The lowest BCUT2D eigenvalue weighted by Crippen LogP contribution is -2.51. The minimum atomic E-state index is -4.68. The van der Waals surface area contributed by atoms with Crippen molar-refractivity contribution in [1.29, 1.82) is 0 Å². The van der Waals surface area contributed by atoms with Crippen LogP contribution in [0.15, 0.2) is 30.9 Å². The fourth-order valence-electron chi connectivity index (χ4n) is 3.21. The van der Waals surface area contributed by atoms with Gasteiger partial charge in [0.05, 0.1) is 24.5 Å². The van der Waals surface area contributed by atoms with Crippen molar-refractivity contribution in [3.8, 4) is 11.4 Å². The molecule has 1 aliphatic heterocycles. The smallest absolute Gasteiger partial charge is 0.357 e. The van der Waals surface area contributed by atoms with E-state index >= 15 is 0 Å². The SMILES string of the molecule is C=CC(=O)N1C[C@H](c2cc(Cl)nc(-c3cc(C(=O)NC)nc(C)n3)c2)O[C@@H](C(F)(F)F)C1.